The molecule has 4 heterocycles. The van der Waals surface area contributed by atoms with Gasteiger partial charge in [0, 0.05) is 61.1 Å². The third kappa shape index (κ3) is 3.76. The largest absolute Gasteiger partial charge is 0.322 e. The van der Waals surface area contributed by atoms with E-state index < -0.39 is 17.8 Å². The van der Waals surface area contributed by atoms with Crippen LogP contribution < -0.4 is 5.32 Å². The van der Waals surface area contributed by atoms with E-state index >= 15 is 4.39 Å². The van der Waals surface area contributed by atoms with Crippen molar-refractivity contribution in [2.45, 2.75) is 45.1 Å². The molecule has 7 nitrogen and oxygen atoms in total. The number of aromatic nitrogens is 1. The highest BCUT2D eigenvalue weighted by molar-refractivity contribution is 6.05. The maximum atomic E-state index is 15.6. The normalized spacial score (nSPS) is 19.4. The molecule has 1 N–H and O–H groups in total. The standard InChI is InChI=1S/C27H22F2N4O3/c28-21-3-1-2-16-11-32(14-20(16)21)12-17-8-9-30-25(24(17)29)15-4-5-19-18(10-15)13-33(27(19)36)22-6-7-23(34)31-26(22)35/h1-5,8-10,22H,6-7,11-14H2,(H,31,34,35). The highest BCUT2D eigenvalue weighted by atomic mass is 19.1. The van der Waals surface area contributed by atoms with Crippen molar-refractivity contribution in [2.24, 2.45) is 0 Å². The minimum absolute atomic E-state index is 0.171. The number of hydrogen-bond acceptors (Lipinski definition) is 5. The first-order chi connectivity index (χ1) is 17.4. The Hall–Kier alpha value is -3.98. The Balaban J connectivity index is 1.23. The van der Waals surface area contributed by atoms with Gasteiger partial charge in [0.25, 0.3) is 5.91 Å². The molecule has 9 heteroatoms. The topological polar surface area (TPSA) is 82.6 Å². The van der Waals surface area contributed by atoms with Crippen molar-refractivity contribution < 1.29 is 23.2 Å². The van der Waals surface area contributed by atoms with Gasteiger partial charge in [-0.3, -0.25) is 29.6 Å². The van der Waals surface area contributed by atoms with E-state index in [0.29, 0.717) is 47.5 Å². The molecule has 3 aliphatic rings. The minimum Gasteiger partial charge on any atom is -0.322 e. The van der Waals surface area contributed by atoms with E-state index in [2.05, 4.69) is 10.3 Å². The van der Waals surface area contributed by atoms with Crippen LogP contribution in [0.15, 0.2) is 48.7 Å². The summed E-state index contributed by atoms with van der Waals surface area (Å²) in [4.78, 5) is 44.4. The van der Waals surface area contributed by atoms with Crippen molar-refractivity contribution in [1.82, 2.24) is 20.1 Å². The lowest BCUT2D eigenvalue weighted by atomic mass is 10.0. The summed E-state index contributed by atoms with van der Waals surface area (Å²) in [6.45, 7) is 1.47. The van der Waals surface area contributed by atoms with Crippen LogP contribution in [0.4, 0.5) is 8.78 Å². The Morgan fingerprint density at radius 2 is 1.86 bits per heavy atom. The SMILES string of the molecule is O=C1CCC(N2Cc3cc(-c4nccc(CN5Cc6cccc(F)c6C5)c4F)ccc3C2=O)C(=O)N1. The molecular formula is C27H22F2N4O3. The van der Waals surface area contributed by atoms with Gasteiger partial charge in [-0.2, -0.15) is 0 Å². The molecule has 3 aromatic rings. The van der Waals surface area contributed by atoms with Crippen molar-refractivity contribution in [1.29, 1.82) is 0 Å². The van der Waals surface area contributed by atoms with Gasteiger partial charge >= 0.3 is 0 Å². The van der Waals surface area contributed by atoms with E-state index in [0.717, 1.165) is 5.56 Å². The number of amides is 3. The molecule has 1 atom stereocenters. The first kappa shape index (κ1) is 22.5. The first-order valence-corrected chi connectivity index (χ1v) is 11.8. The molecule has 0 saturated carbocycles. The molecular weight excluding hydrogens is 466 g/mol. The molecule has 182 valence electrons. The van der Waals surface area contributed by atoms with Crippen molar-refractivity contribution >= 4 is 17.7 Å². The van der Waals surface area contributed by atoms with Crippen LogP contribution in [0.2, 0.25) is 0 Å². The van der Waals surface area contributed by atoms with E-state index in [1.54, 1.807) is 36.5 Å². The summed E-state index contributed by atoms with van der Waals surface area (Å²) in [5.41, 5.74) is 3.85. The molecule has 0 aliphatic carbocycles. The minimum atomic E-state index is -0.710. The molecule has 0 bridgehead atoms. The van der Waals surface area contributed by atoms with Crippen molar-refractivity contribution in [3.8, 4) is 11.3 Å². The summed E-state index contributed by atoms with van der Waals surface area (Å²) in [5, 5.41) is 2.29. The number of fused-ring (bicyclic) bond motifs is 2. The summed E-state index contributed by atoms with van der Waals surface area (Å²) in [5.74, 6) is -1.80. The molecule has 1 fully saturated rings. The summed E-state index contributed by atoms with van der Waals surface area (Å²) in [6, 6.07) is 10.9. The number of halogens is 2. The van der Waals surface area contributed by atoms with Gasteiger partial charge in [0.05, 0.1) is 0 Å². The molecule has 1 saturated heterocycles. The van der Waals surface area contributed by atoms with Crippen LogP contribution in [0, 0.1) is 11.6 Å². The second-order valence-electron chi connectivity index (χ2n) is 9.43. The van der Waals surface area contributed by atoms with Gasteiger partial charge in [-0.05, 0) is 41.8 Å². The molecule has 1 aromatic heterocycles. The second kappa shape index (κ2) is 8.60. The quantitative estimate of drug-likeness (QED) is 0.570. The molecule has 0 spiro atoms. The van der Waals surface area contributed by atoms with Crippen molar-refractivity contribution in [3.63, 3.8) is 0 Å². The van der Waals surface area contributed by atoms with Crippen LogP contribution in [0.5, 0.6) is 0 Å². The zero-order chi connectivity index (χ0) is 25.0. The lowest BCUT2D eigenvalue weighted by molar-refractivity contribution is -0.136. The Morgan fingerprint density at radius 1 is 1.00 bits per heavy atom. The van der Waals surface area contributed by atoms with Gasteiger partial charge in [0.15, 0.2) is 5.82 Å². The number of imide groups is 1. The van der Waals surface area contributed by atoms with E-state index in [-0.39, 0.29) is 42.7 Å². The zero-order valence-corrected chi connectivity index (χ0v) is 19.3. The van der Waals surface area contributed by atoms with Gasteiger partial charge < -0.3 is 4.90 Å². The van der Waals surface area contributed by atoms with Gasteiger partial charge in [0.2, 0.25) is 11.8 Å². The third-order valence-electron chi connectivity index (χ3n) is 7.15. The number of carbonyl (C=O) groups is 3. The zero-order valence-electron chi connectivity index (χ0n) is 19.3. The fourth-order valence-electron chi connectivity index (χ4n) is 5.33. The predicted molar refractivity (Wildman–Crippen MR) is 125 cm³/mol. The maximum Gasteiger partial charge on any atom is 0.255 e. The summed E-state index contributed by atoms with van der Waals surface area (Å²) in [7, 11) is 0. The second-order valence-corrected chi connectivity index (χ2v) is 9.43. The fourth-order valence-corrected chi connectivity index (χ4v) is 5.33. The van der Waals surface area contributed by atoms with E-state index in [4.69, 9.17) is 0 Å². The Bertz CT molecular complexity index is 1440. The number of nitrogens with zero attached hydrogens (tertiary/aromatic N) is 3. The van der Waals surface area contributed by atoms with Crippen LogP contribution in [-0.2, 0) is 35.8 Å². The van der Waals surface area contributed by atoms with Crippen LogP contribution in [0.3, 0.4) is 0 Å². The maximum absolute atomic E-state index is 15.6. The van der Waals surface area contributed by atoms with E-state index in [9.17, 15) is 18.8 Å². The number of rotatable bonds is 4. The van der Waals surface area contributed by atoms with Crippen LogP contribution in [-0.4, -0.2) is 38.5 Å². The molecule has 0 radical (unpaired) electrons. The van der Waals surface area contributed by atoms with Crippen LogP contribution in [0.1, 0.15) is 45.5 Å². The van der Waals surface area contributed by atoms with Crippen LogP contribution >= 0.6 is 0 Å². The summed E-state index contributed by atoms with van der Waals surface area (Å²) in [6.07, 6.45) is 2.00. The lowest BCUT2D eigenvalue weighted by Gasteiger charge is -2.29. The molecule has 1 unspecified atom stereocenters. The highest BCUT2D eigenvalue weighted by Gasteiger charge is 2.39. The fraction of sp³-hybridized carbons (Fsp3) is 0.259. The Morgan fingerprint density at radius 3 is 2.67 bits per heavy atom. The Kier molecular flexibility index (Phi) is 5.37. The van der Waals surface area contributed by atoms with E-state index in [1.807, 2.05) is 11.0 Å². The highest BCUT2D eigenvalue weighted by Crippen LogP contribution is 2.33. The van der Waals surface area contributed by atoms with E-state index in [1.165, 1.54) is 11.0 Å². The number of hydrogen-bond donors (Lipinski definition) is 1. The monoisotopic (exact) mass is 488 g/mol. The van der Waals surface area contributed by atoms with Gasteiger partial charge in [-0.1, -0.05) is 18.2 Å². The molecule has 36 heavy (non-hydrogen) atoms. The molecule has 3 amide bonds. The molecule has 3 aliphatic heterocycles. The van der Waals surface area contributed by atoms with Gasteiger partial charge in [-0.15, -0.1) is 0 Å². The lowest BCUT2D eigenvalue weighted by Crippen LogP contribution is -2.52. The third-order valence-corrected chi connectivity index (χ3v) is 7.15. The van der Waals surface area contributed by atoms with Crippen molar-refractivity contribution in [2.75, 3.05) is 0 Å². The molecule has 2 aromatic carbocycles. The first-order valence-electron chi connectivity index (χ1n) is 11.8. The number of piperidine rings is 1. The average Bonchev–Trinajstić information content (AvgIpc) is 3.42. The molecule has 6 rings (SSSR count). The van der Waals surface area contributed by atoms with Gasteiger partial charge in [-0.25, -0.2) is 8.78 Å². The summed E-state index contributed by atoms with van der Waals surface area (Å²) >= 11 is 0. The number of carbonyl (C=O) groups excluding carboxylic acids is 3. The predicted octanol–water partition coefficient (Wildman–Crippen LogP) is 3.30. The summed E-state index contributed by atoms with van der Waals surface area (Å²) < 4.78 is 29.7. The number of nitrogens with one attached hydrogen (secondary N) is 1. The van der Waals surface area contributed by atoms with Crippen LogP contribution in [0.25, 0.3) is 11.3 Å². The van der Waals surface area contributed by atoms with Crippen molar-refractivity contribution in [3.05, 3.63) is 88.1 Å². The number of pyridine rings is 1. The Labute approximate surface area is 205 Å². The van der Waals surface area contributed by atoms with Gasteiger partial charge in [0.1, 0.15) is 17.6 Å². The smallest absolute Gasteiger partial charge is 0.255 e. The number of benzene rings is 2. The average molecular weight is 488 g/mol.